The molecular formula is C21H23F2N3O5S. The van der Waals surface area contributed by atoms with Crippen LogP contribution in [0.1, 0.15) is 30.2 Å². The van der Waals surface area contributed by atoms with Crippen LogP contribution in [-0.2, 0) is 14.6 Å². The summed E-state index contributed by atoms with van der Waals surface area (Å²) >= 11 is 0. The molecule has 3 rings (SSSR count). The highest BCUT2D eigenvalue weighted by Gasteiger charge is 2.34. The summed E-state index contributed by atoms with van der Waals surface area (Å²) < 4.78 is 50.7. The van der Waals surface area contributed by atoms with Crippen LogP contribution >= 0.6 is 0 Å². The Kier molecular flexibility index (Phi) is 7.32. The van der Waals surface area contributed by atoms with Crippen molar-refractivity contribution in [2.24, 2.45) is 5.92 Å². The smallest absolute Gasteiger partial charge is 0.257 e. The zero-order chi connectivity index (χ0) is 23.5. The molecule has 0 bridgehead atoms. The van der Waals surface area contributed by atoms with E-state index in [0.29, 0.717) is 5.56 Å². The quantitative estimate of drug-likeness (QED) is 0.531. The monoisotopic (exact) mass is 467 g/mol. The number of aliphatic hydroxyl groups excluding tert-OH is 2. The average molecular weight is 467 g/mol. The van der Waals surface area contributed by atoms with Gasteiger partial charge in [-0.1, -0.05) is 18.2 Å². The van der Waals surface area contributed by atoms with Crippen LogP contribution in [-0.4, -0.2) is 59.7 Å². The van der Waals surface area contributed by atoms with E-state index >= 15 is 0 Å². The number of alkyl halides is 2. The van der Waals surface area contributed by atoms with Gasteiger partial charge in [0.25, 0.3) is 5.91 Å². The van der Waals surface area contributed by atoms with Crippen molar-refractivity contribution >= 4 is 27.1 Å². The first kappa shape index (κ1) is 23.9. The number of nitrogens with one attached hydrogen (secondary N) is 1. The van der Waals surface area contributed by atoms with E-state index in [4.69, 9.17) is 5.11 Å². The summed E-state index contributed by atoms with van der Waals surface area (Å²) in [6.07, 6.45) is 0.381. The Hall–Kier alpha value is -2.76. The minimum atomic E-state index is -3.44. The molecule has 3 unspecified atom stereocenters. The molecule has 2 aromatic rings. The highest BCUT2D eigenvalue weighted by Crippen LogP contribution is 2.34. The number of benzene rings is 1. The van der Waals surface area contributed by atoms with Gasteiger partial charge >= 0.3 is 0 Å². The first-order chi connectivity index (χ1) is 15.1. The Balaban J connectivity index is 1.89. The molecule has 1 heterocycles. The third-order valence-electron chi connectivity index (χ3n) is 5.12. The fourth-order valence-electron chi connectivity index (χ4n) is 3.38. The number of halogens is 2. The predicted octanol–water partition coefficient (Wildman–Crippen LogP) is 2.01. The van der Waals surface area contributed by atoms with Gasteiger partial charge in [-0.05, 0) is 36.5 Å². The number of aromatic nitrogens is 2. The number of nitrogens with zero attached hydrogens (tertiary/aromatic N) is 2. The summed E-state index contributed by atoms with van der Waals surface area (Å²) in [5.74, 6) is -1.08. The molecule has 0 saturated heterocycles. The van der Waals surface area contributed by atoms with E-state index in [1.54, 1.807) is 0 Å². The first-order valence-corrected chi connectivity index (χ1v) is 11.7. The van der Waals surface area contributed by atoms with Gasteiger partial charge in [0.1, 0.15) is 18.4 Å². The van der Waals surface area contributed by atoms with Crippen LogP contribution in [0.25, 0.3) is 5.57 Å². The SMILES string of the molecule is CS(=O)(=O)c1ccc(/C(=C\C2CC(F)C(F)C2)C(=O)Nc2cnc(C(O)CO)cn2)cc1. The van der Waals surface area contributed by atoms with Crippen molar-refractivity contribution in [1.82, 2.24) is 9.97 Å². The second-order valence-electron chi connectivity index (χ2n) is 7.62. The van der Waals surface area contributed by atoms with E-state index in [9.17, 15) is 27.1 Å². The number of anilines is 1. The Morgan fingerprint density at radius 3 is 2.31 bits per heavy atom. The van der Waals surface area contributed by atoms with Gasteiger partial charge in [0.2, 0.25) is 0 Å². The van der Waals surface area contributed by atoms with Crippen LogP contribution in [0, 0.1) is 5.92 Å². The van der Waals surface area contributed by atoms with E-state index in [1.165, 1.54) is 42.7 Å². The summed E-state index contributed by atoms with van der Waals surface area (Å²) in [6.45, 7) is -0.538. The van der Waals surface area contributed by atoms with Gasteiger partial charge in [-0.25, -0.2) is 22.2 Å². The number of carbonyl (C=O) groups excluding carboxylic acids is 1. The van der Waals surface area contributed by atoms with Gasteiger partial charge in [-0.2, -0.15) is 0 Å². The summed E-state index contributed by atoms with van der Waals surface area (Å²) in [4.78, 5) is 20.9. The number of rotatable bonds is 7. The van der Waals surface area contributed by atoms with Crippen molar-refractivity contribution in [2.75, 3.05) is 18.2 Å². The minimum Gasteiger partial charge on any atom is -0.393 e. The molecule has 0 aliphatic heterocycles. The Labute approximate surface area is 184 Å². The van der Waals surface area contributed by atoms with E-state index in [1.807, 2.05) is 0 Å². The van der Waals surface area contributed by atoms with E-state index in [2.05, 4.69) is 15.3 Å². The van der Waals surface area contributed by atoms with Crippen LogP contribution in [0.5, 0.6) is 0 Å². The number of sulfone groups is 1. The standard InChI is InChI=1S/C21H23F2N3O5S/c1-32(30,31)14-4-2-13(3-5-14)15(6-12-7-16(22)17(23)8-12)21(29)26-20-10-24-18(9-25-20)19(28)11-27/h2-6,9-10,12,16-17,19,27-28H,7-8,11H2,1H3,(H,25,26,29)/b15-6+. The number of hydrogen-bond acceptors (Lipinski definition) is 7. The molecule has 172 valence electrons. The lowest BCUT2D eigenvalue weighted by Gasteiger charge is -2.13. The molecule has 1 aliphatic rings. The number of carbonyl (C=O) groups is 1. The minimum absolute atomic E-state index is 0.0562. The summed E-state index contributed by atoms with van der Waals surface area (Å²) in [5.41, 5.74) is 0.595. The highest BCUT2D eigenvalue weighted by molar-refractivity contribution is 7.90. The van der Waals surface area contributed by atoms with Crippen molar-refractivity contribution in [3.05, 3.63) is 54.0 Å². The molecule has 3 atom stereocenters. The normalized spacial score (nSPS) is 22.5. The van der Waals surface area contributed by atoms with Crippen LogP contribution in [0.3, 0.4) is 0 Å². The van der Waals surface area contributed by atoms with Crippen molar-refractivity contribution in [3.63, 3.8) is 0 Å². The van der Waals surface area contributed by atoms with Gasteiger partial charge in [0.15, 0.2) is 15.7 Å². The molecule has 3 N–H and O–H groups in total. The van der Waals surface area contributed by atoms with Gasteiger partial charge in [-0.15, -0.1) is 0 Å². The molecule has 1 aromatic carbocycles. The lowest BCUT2D eigenvalue weighted by molar-refractivity contribution is -0.111. The van der Waals surface area contributed by atoms with Gasteiger partial charge in [0.05, 0.1) is 29.6 Å². The molecular weight excluding hydrogens is 444 g/mol. The Morgan fingerprint density at radius 2 is 1.81 bits per heavy atom. The average Bonchev–Trinajstić information content (AvgIpc) is 3.08. The molecule has 0 radical (unpaired) electrons. The molecule has 1 fully saturated rings. The fraction of sp³-hybridized carbons (Fsp3) is 0.381. The van der Waals surface area contributed by atoms with Crippen molar-refractivity contribution in [1.29, 1.82) is 0 Å². The first-order valence-electron chi connectivity index (χ1n) is 9.81. The van der Waals surface area contributed by atoms with Crippen LogP contribution in [0.15, 0.2) is 47.6 Å². The topological polar surface area (TPSA) is 129 Å². The molecule has 32 heavy (non-hydrogen) atoms. The molecule has 1 aliphatic carbocycles. The third kappa shape index (κ3) is 5.72. The van der Waals surface area contributed by atoms with Crippen LogP contribution in [0.2, 0.25) is 0 Å². The van der Waals surface area contributed by atoms with Crippen molar-refractivity contribution in [2.45, 2.75) is 36.2 Å². The van der Waals surface area contributed by atoms with Gasteiger partial charge in [0, 0.05) is 11.8 Å². The second kappa shape index (κ2) is 9.80. The molecule has 1 saturated carbocycles. The van der Waals surface area contributed by atoms with E-state index in [0.717, 1.165) is 6.26 Å². The maximum Gasteiger partial charge on any atom is 0.257 e. The highest BCUT2D eigenvalue weighted by atomic mass is 32.2. The number of hydrogen-bond donors (Lipinski definition) is 3. The third-order valence-corrected chi connectivity index (χ3v) is 6.24. The Morgan fingerprint density at radius 1 is 1.19 bits per heavy atom. The number of allylic oxidation sites excluding steroid dienone is 1. The molecule has 0 spiro atoms. The Bertz CT molecular complexity index is 1080. The maximum atomic E-state index is 13.7. The molecule has 11 heteroatoms. The summed E-state index contributed by atoms with van der Waals surface area (Å²) in [6, 6.07) is 5.59. The molecule has 1 amide bonds. The second-order valence-corrected chi connectivity index (χ2v) is 9.64. The van der Waals surface area contributed by atoms with Crippen molar-refractivity contribution in [3.8, 4) is 0 Å². The van der Waals surface area contributed by atoms with Crippen molar-refractivity contribution < 1.29 is 32.2 Å². The molecule has 1 aromatic heterocycles. The fourth-order valence-corrected chi connectivity index (χ4v) is 4.01. The summed E-state index contributed by atoms with van der Waals surface area (Å²) in [5, 5.41) is 21.1. The zero-order valence-electron chi connectivity index (χ0n) is 17.1. The van der Waals surface area contributed by atoms with Gasteiger partial charge < -0.3 is 15.5 Å². The maximum absolute atomic E-state index is 13.7. The largest absolute Gasteiger partial charge is 0.393 e. The zero-order valence-corrected chi connectivity index (χ0v) is 18.0. The molecule has 8 nitrogen and oxygen atoms in total. The lowest BCUT2D eigenvalue weighted by atomic mass is 9.98. The van der Waals surface area contributed by atoms with Crippen LogP contribution in [0.4, 0.5) is 14.6 Å². The summed E-state index contributed by atoms with van der Waals surface area (Å²) in [7, 11) is -3.44. The predicted molar refractivity (Wildman–Crippen MR) is 113 cm³/mol. The van der Waals surface area contributed by atoms with E-state index < -0.39 is 46.7 Å². The van der Waals surface area contributed by atoms with Gasteiger partial charge in [-0.3, -0.25) is 9.78 Å². The number of aliphatic hydroxyl groups is 2. The lowest BCUT2D eigenvalue weighted by Crippen LogP contribution is -2.16. The number of amides is 1. The van der Waals surface area contributed by atoms with Crippen LogP contribution < -0.4 is 5.32 Å². The van der Waals surface area contributed by atoms with E-state index in [-0.39, 0.29) is 34.8 Å².